The Kier molecular flexibility index (Phi) is 6.54. The lowest BCUT2D eigenvalue weighted by molar-refractivity contribution is 0.261. The Morgan fingerprint density at radius 1 is 1.15 bits per heavy atom. The normalized spacial score (nSPS) is 12.5. The van der Waals surface area contributed by atoms with Crippen LogP contribution in [0.1, 0.15) is 28.7 Å². The predicted octanol–water partition coefficient (Wildman–Crippen LogP) is 2.96. The SMILES string of the molecule is CN(C)CCOc1ccc(C2=Cc3c(C#CCCO)cccc3CN2)cc1. The summed E-state index contributed by atoms with van der Waals surface area (Å²) in [5.74, 6) is 7.08. The number of ether oxygens (including phenoxy) is 1. The molecule has 1 aliphatic rings. The van der Waals surface area contributed by atoms with Crippen LogP contribution < -0.4 is 10.1 Å². The molecule has 2 N–H and O–H groups in total. The fraction of sp³-hybridized carbons (Fsp3) is 0.304. The van der Waals surface area contributed by atoms with Gasteiger partial charge in [0.05, 0.1) is 6.61 Å². The van der Waals surface area contributed by atoms with Gasteiger partial charge in [0.15, 0.2) is 0 Å². The number of nitrogens with zero attached hydrogens (tertiary/aromatic N) is 1. The standard InChI is InChI=1S/C23H26N2O2/c1-25(2)13-15-27-21-11-9-19(10-12-21)23-16-22-18(6-3-4-14-26)7-5-8-20(22)17-24-23/h5,7-12,16,24,26H,4,13-15,17H2,1-2H3. The van der Waals surface area contributed by atoms with E-state index in [1.54, 1.807) is 0 Å². The van der Waals surface area contributed by atoms with Crippen molar-refractivity contribution in [2.75, 3.05) is 33.9 Å². The summed E-state index contributed by atoms with van der Waals surface area (Å²) >= 11 is 0. The van der Waals surface area contributed by atoms with E-state index in [0.29, 0.717) is 13.0 Å². The molecule has 140 valence electrons. The van der Waals surface area contributed by atoms with Crippen LogP contribution in [0.2, 0.25) is 0 Å². The van der Waals surface area contributed by atoms with Crippen molar-refractivity contribution in [1.82, 2.24) is 10.2 Å². The molecule has 0 aliphatic carbocycles. The van der Waals surface area contributed by atoms with Crippen LogP contribution in [-0.4, -0.2) is 43.9 Å². The average Bonchev–Trinajstić information content (AvgIpc) is 2.68. The maximum absolute atomic E-state index is 8.94. The number of nitrogens with one attached hydrogen (secondary N) is 1. The van der Waals surface area contributed by atoms with Gasteiger partial charge in [-0.2, -0.15) is 0 Å². The molecule has 0 atom stereocenters. The molecule has 0 bridgehead atoms. The van der Waals surface area contributed by atoms with Crippen molar-refractivity contribution < 1.29 is 9.84 Å². The highest BCUT2D eigenvalue weighted by Crippen LogP contribution is 2.27. The summed E-state index contributed by atoms with van der Waals surface area (Å²) in [6.07, 6.45) is 2.65. The van der Waals surface area contributed by atoms with E-state index in [0.717, 1.165) is 41.2 Å². The van der Waals surface area contributed by atoms with E-state index in [-0.39, 0.29) is 6.61 Å². The van der Waals surface area contributed by atoms with Crippen LogP contribution in [0.4, 0.5) is 0 Å². The van der Waals surface area contributed by atoms with Crippen molar-refractivity contribution >= 4 is 11.8 Å². The second-order valence-electron chi connectivity index (χ2n) is 6.74. The molecular formula is C23H26N2O2. The van der Waals surface area contributed by atoms with Crippen molar-refractivity contribution in [3.63, 3.8) is 0 Å². The minimum absolute atomic E-state index is 0.0909. The molecule has 0 unspecified atom stereocenters. The second kappa shape index (κ2) is 9.27. The first-order chi connectivity index (χ1) is 13.2. The summed E-state index contributed by atoms with van der Waals surface area (Å²) in [7, 11) is 4.07. The first kappa shape index (κ1) is 19.0. The number of aliphatic hydroxyl groups excluding tert-OH is 1. The van der Waals surface area contributed by atoms with Gasteiger partial charge in [-0.15, -0.1) is 0 Å². The molecule has 0 fully saturated rings. The largest absolute Gasteiger partial charge is 0.492 e. The molecule has 1 aliphatic heterocycles. The summed E-state index contributed by atoms with van der Waals surface area (Å²) in [5.41, 5.74) is 5.60. The minimum Gasteiger partial charge on any atom is -0.492 e. The summed E-state index contributed by atoms with van der Waals surface area (Å²) in [5, 5.41) is 12.4. The van der Waals surface area contributed by atoms with Crippen LogP contribution in [0.3, 0.4) is 0 Å². The zero-order valence-corrected chi connectivity index (χ0v) is 16.0. The zero-order chi connectivity index (χ0) is 19.1. The molecule has 2 aromatic carbocycles. The Labute approximate surface area is 161 Å². The highest BCUT2D eigenvalue weighted by atomic mass is 16.5. The quantitative estimate of drug-likeness (QED) is 0.776. The van der Waals surface area contributed by atoms with E-state index in [1.165, 1.54) is 5.56 Å². The van der Waals surface area contributed by atoms with Crippen LogP contribution in [0.5, 0.6) is 5.75 Å². The summed E-state index contributed by atoms with van der Waals surface area (Å²) < 4.78 is 5.77. The number of likely N-dealkylation sites (N-methyl/N-ethyl adjacent to an activating group) is 1. The van der Waals surface area contributed by atoms with Crippen molar-refractivity contribution in [3.8, 4) is 17.6 Å². The van der Waals surface area contributed by atoms with E-state index < -0.39 is 0 Å². The van der Waals surface area contributed by atoms with Gasteiger partial charge in [-0.05, 0) is 67.2 Å². The molecule has 2 aromatic rings. The van der Waals surface area contributed by atoms with E-state index in [9.17, 15) is 0 Å². The average molecular weight is 362 g/mol. The highest BCUT2D eigenvalue weighted by Gasteiger charge is 2.13. The van der Waals surface area contributed by atoms with E-state index >= 15 is 0 Å². The van der Waals surface area contributed by atoms with Crippen molar-refractivity contribution in [2.45, 2.75) is 13.0 Å². The molecule has 27 heavy (non-hydrogen) atoms. The van der Waals surface area contributed by atoms with Gasteiger partial charge in [0, 0.05) is 30.8 Å². The number of hydrogen-bond acceptors (Lipinski definition) is 4. The minimum atomic E-state index is 0.0909. The number of rotatable bonds is 6. The number of aliphatic hydroxyl groups is 1. The van der Waals surface area contributed by atoms with Gasteiger partial charge in [0.2, 0.25) is 0 Å². The Bertz CT molecular complexity index is 858. The monoisotopic (exact) mass is 362 g/mol. The Balaban J connectivity index is 1.78. The molecular weight excluding hydrogens is 336 g/mol. The molecule has 4 heteroatoms. The molecule has 0 radical (unpaired) electrons. The highest BCUT2D eigenvalue weighted by molar-refractivity contribution is 5.85. The van der Waals surface area contributed by atoms with Crippen molar-refractivity contribution in [1.29, 1.82) is 0 Å². The second-order valence-corrected chi connectivity index (χ2v) is 6.74. The van der Waals surface area contributed by atoms with Crippen molar-refractivity contribution in [2.24, 2.45) is 0 Å². The third-order valence-electron chi connectivity index (χ3n) is 4.39. The van der Waals surface area contributed by atoms with Gasteiger partial charge in [-0.3, -0.25) is 0 Å². The fourth-order valence-corrected chi connectivity index (χ4v) is 2.91. The molecule has 1 heterocycles. The first-order valence-electron chi connectivity index (χ1n) is 9.22. The van der Waals surface area contributed by atoms with Gasteiger partial charge >= 0.3 is 0 Å². The molecule has 0 aromatic heterocycles. The number of hydrogen-bond donors (Lipinski definition) is 2. The maximum Gasteiger partial charge on any atom is 0.119 e. The summed E-state index contributed by atoms with van der Waals surface area (Å²) in [4.78, 5) is 2.10. The molecule has 4 nitrogen and oxygen atoms in total. The van der Waals surface area contributed by atoms with Crippen LogP contribution in [0.15, 0.2) is 42.5 Å². The van der Waals surface area contributed by atoms with Gasteiger partial charge in [-0.25, -0.2) is 0 Å². The number of benzene rings is 2. The maximum atomic E-state index is 8.94. The van der Waals surface area contributed by atoms with E-state index in [2.05, 4.69) is 46.3 Å². The van der Waals surface area contributed by atoms with Gasteiger partial charge < -0.3 is 20.1 Å². The topological polar surface area (TPSA) is 44.7 Å². The molecule has 0 spiro atoms. The fourth-order valence-electron chi connectivity index (χ4n) is 2.91. The first-order valence-corrected chi connectivity index (χ1v) is 9.22. The van der Waals surface area contributed by atoms with Crippen LogP contribution >= 0.6 is 0 Å². The van der Waals surface area contributed by atoms with Crippen molar-refractivity contribution in [3.05, 3.63) is 64.7 Å². The third kappa shape index (κ3) is 5.13. The summed E-state index contributed by atoms with van der Waals surface area (Å²) in [6.45, 7) is 2.44. The lowest BCUT2D eigenvalue weighted by atomic mass is 9.95. The molecule has 0 amide bonds. The van der Waals surface area contributed by atoms with Gasteiger partial charge in [-0.1, -0.05) is 24.0 Å². The Morgan fingerprint density at radius 3 is 2.70 bits per heavy atom. The van der Waals surface area contributed by atoms with Gasteiger partial charge in [0.25, 0.3) is 0 Å². The third-order valence-corrected chi connectivity index (χ3v) is 4.39. The van der Waals surface area contributed by atoms with Crippen LogP contribution in [0.25, 0.3) is 11.8 Å². The molecule has 3 rings (SSSR count). The number of fused-ring (bicyclic) bond motifs is 1. The zero-order valence-electron chi connectivity index (χ0n) is 16.0. The van der Waals surface area contributed by atoms with Gasteiger partial charge in [0.1, 0.15) is 12.4 Å². The van der Waals surface area contributed by atoms with E-state index in [4.69, 9.17) is 9.84 Å². The summed E-state index contributed by atoms with van der Waals surface area (Å²) in [6, 6.07) is 14.4. The van der Waals surface area contributed by atoms with Crippen LogP contribution in [-0.2, 0) is 6.54 Å². The lowest BCUT2D eigenvalue weighted by Crippen LogP contribution is -2.19. The Hall–Kier alpha value is -2.74. The molecule has 0 saturated carbocycles. The smallest absolute Gasteiger partial charge is 0.119 e. The van der Waals surface area contributed by atoms with Crippen LogP contribution in [0, 0.1) is 11.8 Å². The van der Waals surface area contributed by atoms with E-state index in [1.807, 2.05) is 38.4 Å². The Morgan fingerprint density at radius 2 is 1.96 bits per heavy atom. The lowest BCUT2D eigenvalue weighted by Gasteiger charge is -2.20. The predicted molar refractivity (Wildman–Crippen MR) is 110 cm³/mol. The molecule has 0 saturated heterocycles.